The fourth-order valence-electron chi connectivity index (χ4n) is 3.06. The summed E-state index contributed by atoms with van der Waals surface area (Å²) in [6, 6.07) is 9.27. The molecule has 2 rings (SSSR count). The standard InChI is InChI=1S/C20H29NO4/c1-3-5-6-10-13-25-20(23)18-15-21(18)17(19(22)24-4-2)14-16-11-8-7-9-12-16/h7-9,11-12,17-18H,3-6,10,13-15H2,1-2H3/p+1/t17-,18-,21?/m0/s1. The number of hydrogen-bond acceptors (Lipinski definition) is 4. The topological polar surface area (TPSA) is 57.0 Å². The lowest BCUT2D eigenvalue weighted by Gasteiger charge is -2.14. The van der Waals surface area contributed by atoms with Gasteiger partial charge in [0.2, 0.25) is 6.04 Å². The second kappa shape index (κ2) is 10.2. The summed E-state index contributed by atoms with van der Waals surface area (Å²) in [7, 11) is 0. The molecule has 1 unspecified atom stereocenters. The molecule has 1 aromatic carbocycles. The van der Waals surface area contributed by atoms with E-state index in [1.807, 2.05) is 30.3 Å². The van der Waals surface area contributed by atoms with Crippen molar-refractivity contribution in [2.45, 2.75) is 58.0 Å². The molecule has 1 aromatic rings. The number of quaternary nitrogens is 1. The van der Waals surface area contributed by atoms with E-state index >= 15 is 0 Å². The minimum atomic E-state index is -0.347. The summed E-state index contributed by atoms with van der Waals surface area (Å²) in [6.07, 6.45) is 4.91. The van der Waals surface area contributed by atoms with E-state index in [9.17, 15) is 9.59 Å². The Morgan fingerprint density at radius 3 is 2.56 bits per heavy atom. The monoisotopic (exact) mass is 348 g/mol. The van der Waals surface area contributed by atoms with Crippen molar-refractivity contribution in [3.63, 3.8) is 0 Å². The predicted octanol–water partition coefficient (Wildman–Crippen LogP) is 1.55. The summed E-state index contributed by atoms with van der Waals surface area (Å²) in [5, 5.41) is 0. The van der Waals surface area contributed by atoms with E-state index in [4.69, 9.17) is 9.47 Å². The Kier molecular flexibility index (Phi) is 7.92. The Morgan fingerprint density at radius 1 is 1.12 bits per heavy atom. The van der Waals surface area contributed by atoms with Crippen molar-refractivity contribution in [2.75, 3.05) is 19.8 Å². The largest absolute Gasteiger partial charge is 0.462 e. The fourth-order valence-corrected chi connectivity index (χ4v) is 3.06. The van der Waals surface area contributed by atoms with Crippen LogP contribution in [-0.4, -0.2) is 43.8 Å². The molecule has 0 saturated carbocycles. The Labute approximate surface area is 150 Å². The number of unbranched alkanes of at least 4 members (excludes halogenated alkanes) is 3. The quantitative estimate of drug-likeness (QED) is 0.374. The molecule has 1 fully saturated rings. The van der Waals surface area contributed by atoms with Crippen LogP contribution in [0.1, 0.15) is 45.1 Å². The molecule has 0 bridgehead atoms. The molecule has 3 atom stereocenters. The number of ether oxygens (including phenoxy) is 2. The van der Waals surface area contributed by atoms with Gasteiger partial charge < -0.3 is 14.4 Å². The first-order chi connectivity index (χ1) is 12.2. The van der Waals surface area contributed by atoms with Gasteiger partial charge in [-0.25, -0.2) is 9.59 Å². The Hall–Kier alpha value is -1.88. The van der Waals surface area contributed by atoms with Gasteiger partial charge in [-0.1, -0.05) is 56.5 Å². The maximum atomic E-state index is 12.3. The third-order valence-electron chi connectivity index (χ3n) is 4.56. The number of benzene rings is 1. The maximum Gasteiger partial charge on any atom is 0.371 e. The molecule has 1 aliphatic heterocycles. The van der Waals surface area contributed by atoms with Crippen LogP contribution in [0.2, 0.25) is 0 Å². The predicted molar refractivity (Wildman–Crippen MR) is 95.3 cm³/mol. The zero-order valence-corrected chi connectivity index (χ0v) is 15.3. The average Bonchev–Trinajstić information content (AvgIpc) is 3.41. The minimum absolute atomic E-state index is 0.186. The summed E-state index contributed by atoms with van der Waals surface area (Å²) >= 11 is 0. The molecule has 0 spiro atoms. The van der Waals surface area contributed by atoms with E-state index in [1.165, 1.54) is 6.42 Å². The average molecular weight is 348 g/mol. The molecule has 0 aliphatic carbocycles. The van der Waals surface area contributed by atoms with Crippen molar-refractivity contribution in [1.82, 2.24) is 0 Å². The molecule has 25 heavy (non-hydrogen) atoms. The zero-order valence-electron chi connectivity index (χ0n) is 15.3. The van der Waals surface area contributed by atoms with Crippen LogP contribution in [0, 0.1) is 0 Å². The van der Waals surface area contributed by atoms with E-state index in [2.05, 4.69) is 6.92 Å². The molecule has 1 aliphatic rings. The van der Waals surface area contributed by atoms with Crippen LogP contribution in [-0.2, 0) is 25.5 Å². The second-order valence-electron chi connectivity index (χ2n) is 6.55. The van der Waals surface area contributed by atoms with E-state index in [0.29, 0.717) is 26.2 Å². The van der Waals surface area contributed by atoms with Gasteiger partial charge in [-0.2, -0.15) is 0 Å². The SMILES string of the molecule is CCCCCCOC(=O)[C@@H]1C[NH+]1[C@@H](Cc1ccccc1)C(=O)OCC. The number of nitrogens with one attached hydrogen (secondary N) is 1. The highest BCUT2D eigenvalue weighted by molar-refractivity contribution is 5.79. The Bertz CT molecular complexity index is 546. The summed E-state index contributed by atoms with van der Waals surface area (Å²) in [5.41, 5.74) is 1.08. The van der Waals surface area contributed by atoms with Crippen LogP contribution in [0.25, 0.3) is 0 Å². The molecular weight excluding hydrogens is 318 g/mol. The van der Waals surface area contributed by atoms with Crippen LogP contribution in [0.5, 0.6) is 0 Å². The highest BCUT2D eigenvalue weighted by Crippen LogP contribution is 2.07. The molecule has 0 aromatic heterocycles. The highest BCUT2D eigenvalue weighted by atomic mass is 16.5. The van der Waals surface area contributed by atoms with Crippen molar-refractivity contribution < 1.29 is 24.0 Å². The van der Waals surface area contributed by atoms with Gasteiger partial charge in [0.25, 0.3) is 0 Å². The van der Waals surface area contributed by atoms with Gasteiger partial charge >= 0.3 is 11.9 Å². The van der Waals surface area contributed by atoms with Crippen LogP contribution in [0.4, 0.5) is 0 Å². The van der Waals surface area contributed by atoms with Crippen LogP contribution < -0.4 is 4.90 Å². The summed E-state index contributed by atoms with van der Waals surface area (Å²) in [6.45, 7) is 5.43. The van der Waals surface area contributed by atoms with Gasteiger partial charge in [0, 0.05) is 6.42 Å². The lowest BCUT2D eigenvalue weighted by molar-refractivity contribution is -0.789. The minimum Gasteiger partial charge on any atom is -0.462 e. The van der Waals surface area contributed by atoms with Gasteiger partial charge in [0.15, 0.2) is 6.04 Å². The fraction of sp³-hybridized carbons (Fsp3) is 0.600. The molecule has 0 amide bonds. The number of carbonyl (C=O) groups excluding carboxylic acids is 2. The first-order valence-corrected chi connectivity index (χ1v) is 9.40. The number of hydrogen-bond donors (Lipinski definition) is 1. The summed E-state index contributed by atoms with van der Waals surface area (Å²) < 4.78 is 10.6. The second-order valence-corrected chi connectivity index (χ2v) is 6.55. The first kappa shape index (κ1) is 19.4. The van der Waals surface area contributed by atoms with Gasteiger partial charge in [-0.3, -0.25) is 0 Å². The first-order valence-electron chi connectivity index (χ1n) is 9.40. The van der Waals surface area contributed by atoms with Gasteiger partial charge in [-0.05, 0) is 18.9 Å². The van der Waals surface area contributed by atoms with Crippen LogP contribution in [0.3, 0.4) is 0 Å². The molecular formula is C20H30NO4+. The number of rotatable bonds is 11. The van der Waals surface area contributed by atoms with Gasteiger partial charge in [-0.15, -0.1) is 0 Å². The van der Waals surface area contributed by atoms with E-state index < -0.39 is 0 Å². The van der Waals surface area contributed by atoms with E-state index in [0.717, 1.165) is 29.7 Å². The lowest BCUT2D eigenvalue weighted by atomic mass is 10.1. The molecule has 1 saturated heterocycles. The Balaban J connectivity index is 1.86. The van der Waals surface area contributed by atoms with Gasteiger partial charge in [0.05, 0.1) is 13.2 Å². The van der Waals surface area contributed by atoms with Crippen molar-refractivity contribution >= 4 is 11.9 Å². The Morgan fingerprint density at radius 2 is 1.88 bits per heavy atom. The zero-order chi connectivity index (χ0) is 18.1. The van der Waals surface area contributed by atoms with E-state index in [1.54, 1.807) is 6.92 Å². The van der Waals surface area contributed by atoms with Crippen molar-refractivity contribution in [3.05, 3.63) is 35.9 Å². The third-order valence-corrected chi connectivity index (χ3v) is 4.56. The number of esters is 2. The smallest absolute Gasteiger partial charge is 0.371 e. The third kappa shape index (κ3) is 6.16. The molecule has 5 nitrogen and oxygen atoms in total. The van der Waals surface area contributed by atoms with Crippen LogP contribution in [0.15, 0.2) is 30.3 Å². The maximum absolute atomic E-state index is 12.3. The normalized spacial score (nSPS) is 19.9. The summed E-state index contributed by atoms with van der Waals surface area (Å²) in [5.74, 6) is -0.423. The number of carbonyl (C=O) groups is 2. The molecule has 138 valence electrons. The lowest BCUT2D eigenvalue weighted by Crippen LogP contribution is -3.02. The molecule has 1 N–H and O–H groups in total. The summed E-state index contributed by atoms with van der Waals surface area (Å²) in [4.78, 5) is 25.5. The van der Waals surface area contributed by atoms with Crippen molar-refractivity contribution in [1.29, 1.82) is 0 Å². The molecule has 1 heterocycles. The molecule has 0 radical (unpaired) electrons. The van der Waals surface area contributed by atoms with Crippen molar-refractivity contribution in [2.24, 2.45) is 0 Å². The molecule has 5 heteroatoms. The van der Waals surface area contributed by atoms with Crippen LogP contribution >= 0.6 is 0 Å². The van der Waals surface area contributed by atoms with E-state index in [-0.39, 0.29) is 24.0 Å². The van der Waals surface area contributed by atoms with Crippen molar-refractivity contribution in [3.8, 4) is 0 Å². The van der Waals surface area contributed by atoms with Gasteiger partial charge in [0.1, 0.15) is 6.54 Å². The highest BCUT2D eigenvalue weighted by Gasteiger charge is 2.54.